The molecule has 0 unspecified atom stereocenters. The Labute approximate surface area is 268 Å². The maximum Gasteiger partial charge on any atom is 0.411 e. The summed E-state index contributed by atoms with van der Waals surface area (Å²) in [5.74, 6) is -1.23. The van der Waals surface area contributed by atoms with Gasteiger partial charge in [0.25, 0.3) is 0 Å². The zero-order chi connectivity index (χ0) is 33.0. The minimum atomic E-state index is -1.03. The van der Waals surface area contributed by atoms with Crippen LogP contribution in [0.2, 0.25) is 0 Å². The average molecular weight is 623 g/mol. The van der Waals surface area contributed by atoms with Gasteiger partial charge in [-0.15, -0.1) is 0 Å². The van der Waals surface area contributed by atoms with Crippen LogP contribution in [0.3, 0.4) is 0 Å². The second-order valence-electron chi connectivity index (χ2n) is 12.3. The average Bonchev–Trinajstić information content (AvgIpc) is 3.34. The quantitative estimate of drug-likeness (QED) is 0.145. The van der Waals surface area contributed by atoms with Gasteiger partial charge in [0.2, 0.25) is 0 Å². The van der Waals surface area contributed by atoms with Gasteiger partial charge in [0.05, 0.1) is 18.4 Å². The number of phenols is 1. The van der Waals surface area contributed by atoms with Crippen molar-refractivity contribution in [1.82, 2.24) is 0 Å². The number of carbonyl (C=O) groups is 3. The lowest BCUT2D eigenvalue weighted by atomic mass is 9.96. The molecule has 0 aliphatic heterocycles. The van der Waals surface area contributed by atoms with E-state index in [1.807, 2.05) is 36.4 Å². The molecular weight excluding hydrogens is 584 g/mol. The van der Waals surface area contributed by atoms with Crippen LogP contribution in [0.25, 0.3) is 11.1 Å². The van der Waals surface area contributed by atoms with Crippen LogP contribution in [-0.4, -0.2) is 48.5 Å². The molecule has 238 valence electrons. The lowest BCUT2D eigenvalue weighted by molar-refractivity contribution is -0.156. The third-order valence-corrected chi connectivity index (χ3v) is 7.80. The van der Waals surface area contributed by atoms with Crippen LogP contribution in [0.4, 0.5) is 10.5 Å². The fourth-order valence-corrected chi connectivity index (χ4v) is 5.65. The highest BCUT2D eigenvalue weighted by Gasteiger charge is 2.29. The van der Waals surface area contributed by atoms with Crippen molar-refractivity contribution in [3.63, 3.8) is 0 Å². The Balaban J connectivity index is 1.36. The summed E-state index contributed by atoms with van der Waals surface area (Å²) in [6.45, 7) is 5.38. The van der Waals surface area contributed by atoms with Crippen molar-refractivity contribution in [1.29, 1.82) is 0 Å². The molecular formula is C37H38N2O7. The van der Waals surface area contributed by atoms with E-state index in [1.54, 1.807) is 51.1 Å². The lowest BCUT2D eigenvalue weighted by Gasteiger charge is -2.23. The van der Waals surface area contributed by atoms with Crippen molar-refractivity contribution >= 4 is 23.7 Å². The Bertz CT molecular complexity index is 1710. The normalized spacial score (nSPS) is 12.9. The van der Waals surface area contributed by atoms with Gasteiger partial charge < -0.3 is 25.1 Å². The van der Waals surface area contributed by atoms with Gasteiger partial charge in [-0.25, -0.2) is 9.59 Å². The highest BCUT2D eigenvalue weighted by Crippen LogP contribution is 2.44. The maximum absolute atomic E-state index is 13.2. The van der Waals surface area contributed by atoms with Crippen LogP contribution in [0.15, 0.2) is 84.9 Å². The first-order chi connectivity index (χ1) is 21.9. The van der Waals surface area contributed by atoms with E-state index in [4.69, 9.17) is 19.9 Å². The summed E-state index contributed by atoms with van der Waals surface area (Å²) in [5, 5.41) is 13.8. The van der Waals surface area contributed by atoms with Gasteiger partial charge in [0.1, 0.15) is 24.0 Å². The molecule has 9 nitrogen and oxygen atoms in total. The second kappa shape index (κ2) is 13.5. The minimum Gasteiger partial charge on any atom is -0.508 e. The SMILES string of the molecule is COC(=O)c1ccc(Cc2cc(C[C@H](N)C(=O)OC(C)(C)C)c(NC(=O)OCC3c4ccccc4-c4ccccc43)cc2O)cc1. The predicted molar refractivity (Wildman–Crippen MR) is 175 cm³/mol. The highest BCUT2D eigenvalue weighted by molar-refractivity contribution is 5.89. The number of hydrogen-bond acceptors (Lipinski definition) is 8. The number of carbonyl (C=O) groups excluding carboxylic acids is 3. The van der Waals surface area contributed by atoms with E-state index in [0.29, 0.717) is 23.1 Å². The number of ether oxygens (including phenoxy) is 3. The summed E-state index contributed by atoms with van der Waals surface area (Å²) < 4.78 is 16.0. The van der Waals surface area contributed by atoms with Crippen LogP contribution >= 0.6 is 0 Å². The molecule has 0 fully saturated rings. The predicted octanol–water partition coefficient (Wildman–Crippen LogP) is 6.34. The maximum atomic E-state index is 13.2. The van der Waals surface area contributed by atoms with Crippen LogP contribution in [0.1, 0.15) is 64.9 Å². The van der Waals surface area contributed by atoms with Crippen molar-refractivity contribution in [2.45, 2.75) is 51.2 Å². The minimum absolute atomic E-state index is 0.0302. The Kier molecular flexibility index (Phi) is 9.44. The zero-order valence-corrected chi connectivity index (χ0v) is 26.3. The van der Waals surface area contributed by atoms with Crippen molar-refractivity contribution < 1.29 is 33.7 Å². The van der Waals surface area contributed by atoms with Crippen LogP contribution < -0.4 is 11.1 Å². The first kappa shape index (κ1) is 32.2. The van der Waals surface area contributed by atoms with Crippen LogP contribution in [-0.2, 0) is 31.8 Å². The third kappa shape index (κ3) is 7.38. The first-order valence-corrected chi connectivity index (χ1v) is 15.1. The number of methoxy groups -OCH3 is 1. The number of esters is 2. The molecule has 1 aliphatic carbocycles. The summed E-state index contributed by atoms with van der Waals surface area (Å²) in [5.41, 5.74) is 12.5. The molecule has 46 heavy (non-hydrogen) atoms. The third-order valence-electron chi connectivity index (χ3n) is 7.80. The molecule has 1 amide bonds. The molecule has 0 heterocycles. The highest BCUT2D eigenvalue weighted by atomic mass is 16.6. The van der Waals surface area contributed by atoms with Gasteiger partial charge in [0, 0.05) is 24.8 Å². The first-order valence-electron chi connectivity index (χ1n) is 15.1. The Hall–Kier alpha value is -5.15. The molecule has 0 saturated carbocycles. The van der Waals surface area contributed by atoms with Crippen molar-refractivity contribution in [3.8, 4) is 16.9 Å². The van der Waals surface area contributed by atoms with Gasteiger partial charge in [-0.2, -0.15) is 0 Å². The molecule has 5 rings (SSSR count). The number of benzene rings is 4. The molecule has 4 aromatic rings. The summed E-state index contributed by atoms with van der Waals surface area (Å²) in [7, 11) is 1.32. The largest absolute Gasteiger partial charge is 0.508 e. The molecule has 0 radical (unpaired) electrons. The van der Waals surface area contributed by atoms with E-state index in [1.165, 1.54) is 13.2 Å². The zero-order valence-electron chi connectivity index (χ0n) is 26.3. The molecule has 1 atom stereocenters. The number of hydrogen-bond donors (Lipinski definition) is 3. The van der Waals surface area contributed by atoms with Gasteiger partial charge in [-0.3, -0.25) is 10.1 Å². The molecule has 0 aromatic heterocycles. The number of amides is 1. The summed E-state index contributed by atoms with van der Waals surface area (Å²) in [6.07, 6.45) is -0.366. The number of anilines is 1. The van der Waals surface area contributed by atoms with E-state index >= 15 is 0 Å². The summed E-state index contributed by atoms with van der Waals surface area (Å²) in [4.78, 5) is 37.8. The molecule has 0 bridgehead atoms. The van der Waals surface area contributed by atoms with Crippen LogP contribution in [0, 0.1) is 0 Å². The molecule has 4 aromatic carbocycles. The number of aromatic hydroxyl groups is 1. The van der Waals surface area contributed by atoms with Crippen LogP contribution in [0.5, 0.6) is 5.75 Å². The van der Waals surface area contributed by atoms with E-state index in [9.17, 15) is 19.5 Å². The number of rotatable bonds is 9. The van der Waals surface area contributed by atoms with Gasteiger partial charge in [-0.05, 0) is 77.9 Å². The Morgan fingerprint density at radius 3 is 2.09 bits per heavy atom. The van der Waals surface area contributed by atoms with Crippen molar-refractivity contribution in [2.24, 2.45) is 5.73 Å². The summed E-state index contributed by atoms with van der Waals surface area (Å²) in [6, 6.07) is 25.0. The lowest BCUT2D eigenvalue weighted by Crippen LogP contribution is -2.39. The number of nitrogens with two attached hydrogens (primary N) is 1. The second-order valence-corrected chi connectivity index (χ2v) is 12.3. The van der Waals surface area contributed by atoms with Crippen molar-refractivity contribution in [3.05, 3.63) is 118 Å². The molecule has 0 spiro atoms. The number of phenolic OH excluding ortho intramolecular Hbond substituents is 1. The molecule has 1 aliphatic rings. The van der Waals surface area contributed by atoms with E-state index in [0.717, 1.165) is 27.8 Å². The smallest absolute Gasteiger partial charge is 0.411 e. The van der Waals surface area contributed by atoms with Gasteiger partial charge >= 0.3 is 18.0 Å². The molecule has 0 saturated heterocycles. The monoisotopic (exact) mass is 622 g/mol. The molecule has 9 heteroatoms. The number of nitrogens with one attached hydrogen (secondary N) is 1. The molecule has 4 N–H and O–H groups in total. The Morgan fingerprint density at radius 1 is 0.891 bits per heavy atom. The van der Waals surface area contributed by atoms with Crippen molar-refractivity contribution in [2.75, 3.05) is 19.0 Å². The fourth-order valence-electron chi connectivity index (χ4n) is 5.65. The van der Waals surface area contributed by atoms with Gasteiger partial charge in [-0.1, -0.05) is 60.7 Å². The Morgan fingerprint density at radius 2 is 1.50 bits per heavy atom. The standard InChI is InChI=1S/C37H38N2O7/c1-37(2,3)46-35(42)31(38)19-24-18-25(17-22-13-15-23(16-14-22)34(41)44-4)33(40)20-32(24)39-36(43)45-21-30-28-11-7-5-9-26(28)27-10-6-8-12-29(27)30/h5-16,18,20,30-31,40H,17,19,21,38H2,1-4H3,(H,39,43)/t31-/m0/s1. The topological polar surface area (TPSA) is 137 Å². The van der Waals surface area contributed by atoms with Gasteiger partial charge in [0.15, 0.2) is 0 Å². The van der Waals surface area contributed by atoms with E-state index in [-0.39, 0.29) is 30.4 Å². The van der Waals surface area contributed by atoms with E-state index in [2.05, 4.69) is 17.4 Å². The van der Waals surface area contributed by atoms with E-state index < -0.39 is 29.7 Å². The fraction of sp³-hybridized carbons (Fsp3) is 0.270. The number of fused-ring (bicyclic) bond motifs is 3. The summed E-state index contributed by atoms with van der Waals surface area (Å²) >= 11 is 0.